The third-order valence-electron chi connectivity index (χ3n) is 4.40. The minimum atomic E-state index is -7.85. The van der Waals surface area contributed by atoms with Crippen LogP contribution < -0.4 is 8.86 Å². The Labute approximate surface area is 198 Å². The summed E-state index contributed by atoms with van der Waals surface area (Å²) in [6.07, 6.45) is 0.711. The highest BCUT2D eigenvalue weighted by Gasteiger charge is 2.83. The Morgan fingerprint density at radius 1 is 0.806 bits per heavy atom. The van der Waals surface area contributed by atoms with Crippen molar-refractivity contribution in [1.82, 2.24) is 4.13 Å². The molecule has 0 heterocycles. The highest BCUT2D eigenvalue weighted by molar-refractivity contribution is 8.05. The van der Waals surface area contributed by atoms with Crippen molar-refractivity contribution in [1.29, 1.82) is 0 Å². The quantitative estimate of drug-likeness (QED) is 0.218. The monoisotopic (exact) mass is 605 g/mol. The average molecular weight is 605 g/mol. The van der Waals surface area contributed by atoms with Gasteiger partial charge in [0.15, 0.2) is 0 Å². The van der Waals surface area contributed by atoms with Gasteiger partial charge in [0.2, 0.25) is 6.79 Å². The van der Waals surface area contributed by atoms with E-state index in [2.05, 4.69) is 8.92 Å². The molecule has 210 valence electrons. The first kappa shape index (κ1) is 32.2. The normalized spacial score (nSPS) is 15.5. The summed E-state index contributed by atoms with van der Waals surface area (Å²) in [7, 11) is -22.4. The van der Waals surface area contributed by atoms with Gasteiger partial charge < -0.3 is 4.74 Å². The van der Waals surface area contributed by atoms with E-state index in [0.717, 1.165) is 5.56 Å². The third kappa shape index (κ3) is 6.00. The van der Waals surface area contributed by atoms with Crippen LogP contribution in [-0.4, -0.2) is 54.0 Å². The summed E-state index contributed by atoms with van der Waals surface area (Å²) in [5.74, 6) is -7.76. The number of hydrogen-bond acceptors (Lipinski definition) is 8. The number of nitrogens with one attached hydrogen (secondary N) is 1. The Hall–Kier alpha value is -1.84. The Bertz CT molecular complexity index is 1250. The zero-order valence-electron chi connectivity index (χ0n) is 17.7. The van der Waals surface area contributed by atoms with Crippen LogP contribution in [0.3, 0.4) is 0 Å². The van der Waals surface area contributed by atoms with Gasteiger partial charge in [0.1, 0.15) is 5.75 Å². The molecule has 0 radical (unpaired) electrons. The number of rotatable bonds is 12. The van der Waals surface area contributed by atoms with Crippen molar-refractivity contribution in [2.24, 2.45) is 0 Å². The number of hydrogen-bond donors (Lipinski definition) is 1. The molecule has 1 N–H and O–H groups in total. The van der Waals surface area contributed by atoms with E-state index < -0.39 is 63.0 Å². The Kier molecular flexibility index (Phi) is 9.07. The van der Waals surface area contributed by atoms with Crippen LogP contribution in [0.4, 0.5) is 39.5 Å². The lowest BCUT2D eigenvalue weighted by Gasteiger charge is -2.31. The molecule has 1 unspecified atom stereocenters. The van der Waals surface area contributed by atoms with Crippen LogP contribution in [0.2, 0.25) is 0 Å². The second-order valence-corrected chi connectivity index (χ2v) is 12.2. The number of ether oxygens (including phenoxy) is 1. The summed E-state index contributed by atoms with van der Waals surface area (Å²) < 4.78 is 194. The summed E-state index contributed by atoms with van der Waals surface area (Å²) in [6.45, 7) is 1.87. The van der Waals surface area contributed by atoms with Gasteiger partial charge in [0.05, 0.1) is 0 Å². The molecule has 0 aliphatic carbocycles. The van der Waals surface area contributed by atoms with Gasteiger partial charge in [0.25, 0.3) is 10.0 Å². The Morgan fingerprint density at radius 2 is 1.28 bits per heavy atom. The Morgan fingerprint density at radius 3 is 1.69 bits per heavy atom. The fraction of sp³-hybridized carbons (Fsp3) is 0.600. The van der Waals surface area contributed by atoms with Crippen molar-refractivity contribution in [2.45, 2.75) is 48.1 Å². The summed E-state index contributed by atoms with van der Waals surface area (Å²) in [5, 5.41) is -14.6. The van der Waals surface area contributed by atoms with Gasteiger partial charge in [0, 0.05) is 0 Å². The SMILES string of the molecule is CCC(C)c1ccc(OCOS(=O)(=O)C(F)(F)C(F)(F)C(F)(F)S(=O)(=O)NS(=O)(=O)C(F)(F)F)cc1. The van der Waals surface area contributed by atoms with Crippen molar-refractivity contribution >= 4 is 30.2 Å². The molecule has 0 aromatic heterocycles. The molecule has 0 spiro atoms. The fourth-order valence-corrected chi connectivity index (χ4v) is 5.34. The molecular formula is C15H16F9NO8S3. The largest absolute Gasteiger partial charge is 0.512 e. The highest BCUT2D eigenvalue weighted by atomic mass is 32.3. The smallest absolute Gasteiger partial charge is 0.466 e. The van der Waals surface area contributed by atoms with Gasteiger partial charge in [-0.25, -0.2) is 21.0 Å². The van der Waals surface area contributed by atoms with E-state index in [4.69, 9.17) is 0 Å². The van der Waals surface area contributed by atoms with Crippen LogP contribution >= 0.6 is 0 Å². The van der Waals surface area contributed by atoms with Crippen molar-refractivity contribution in [3.63, 3.8) is 0 Å². The summed E-state index contributed by atoms with van der Waals surface area (Å²) >= 11 is 0. The Balaban J connectivity index is 3.16. The number of alkyl halides is 9. The van der Waals surface area contributed by atoms with Gasteiger partial charge in [-0.1, -0.05) is 30.1 Å². The highest BCUT2D eigenvalue weighted by Crippen LogP contribution is 2.51. The minimum absolute atomic E-state index is 0.0650. The summed E-state index contributed by atoms with van der Waals surface area (Å²) in [5.41, 5.74) is -5.90. The van der Waals surface area contributed by atoms with Crippen LogP contribution in [0, 0.1) is 0 Å². The molecule has 9 nitrogen and oxygen atoms in total. The van der Waals surface area contributed by atoms with Crippen LogP contribution in [0.5, 0.6) is 5.75 Å². The van der Waals surface area contributed by atoms with Crippen LogP contribution in [0.1, 0.15) is 31.7 Å². The van der Waals surface area contributed by atoms with Gasteiger partial charge >= 0.3 is 42.1 Å². The molecule has 1 rings (SSSR count). The molecule has 0 saturated heterocycles. The molecule has 0 aliphatic rings. The lowest BCUT2D eigenvalue weighted by molar-refractivity contribution is -0.246. The first-order valence-electron chi connectivity index (χ1n) is 8.97. The zero-order valence-corrected chi connectivity index (χ0v) is 20.1. The predicted octanol–water partition coefficient (Wildman–Crippen LogP) is 3.47. The van der Waals surface area contributed by atoms with Gasteiger partial charge in [-0.2, -0.15) is 47.9 Å². The summed E-state index contributed by atoms with van der Waals surface area (Å²) in [6, 6.07) is 5.26. The second-order valence-electron chi connectivity index (χ2n) is 6.86. The molecule has 1 aromatic carbocycles. The van der Waals surface area contributed by atoms with Crippen LogP contribution in [0.25, 0.3) is 0 Å². The van der Waals surface area contributed by atoms with Gasteiger partial charge in [-0.05, 0) is 30.0 Å². The predicted molar refractivity (Wildman–Crippen MR) is 103 cm³/mol. The van der Waals surface area contributed by atoms with Crippen molar-refractivity contribution in [2.75, 3.05) is 6.79 Å². The molecule has 1 atom stereocenters. The van der Waals surface area contributed by atoms with Crippen LogP contribution in [-0.2, 0) is 34.3 Å². The minimum Gasteiger partial charge on any atom is -0.466 e. The number of benzene rings is 1. The average Bonchev–Trinajstić information content (AvgIpc) is 2.71. The van der Waals surface area contributed by atoms with E-state index in [1.807, 2.05) is 13.8 Å². The molecular weight excluding hydrogens is 589 g/mol. The molecule has 0 aliphatic heterocycles. The van der Waals surface area contributed by atoms with E-state index in [1.54, 1.807) is 0 Å². The molecule has 36 heavy (non-hydrogen) atoms. The number of sulfonamides is 2. The maximum Gasteiger partial charge on any atom is 0.512 e. The van der Waals surface area contributed by atoms with Crippen molar-refractivity contribution in [3.8, 4) is 5.75 Å². The fourth-order valence-electron chi connectivity index (χ4n) is 2.10. The molecule has 0 bridgehead atoms. The molecule has 21 heteroatoms. The lowest BCUT2D eigenvalue weighted by atomic mass is 9.99. The molecule has 1 aromatic rings. The molecule has 0 fully saturated rings. The zero-order chi connectivity index (χ0) is 28.6. The second kappa shape index (κ2) is 10.1. The summed E-state index contributed by atoms with van der Waals surface area (Å²) in [4.78, 5) is 0. The standard InChI is InChI=1S/C15H16F9NO8S3/c1-3-9(2)10-4-6-11(7-5-10)32-8-33-36(30,31)14(20,21)12(16,17)13(18,19)34(26,27)25-35(28,29)15(22,23)24/h4-7,9,25H,3,8H2,1-2H3. The lowest BCUT2D eigenvalue weighted by Crippen LogP contribution is -2.63. The van der Waals surface area contributed by atoms with Crippen molar-refractivity contribution < 1.29 is 73.7 Å². The molecule has 0 amide bonds. The van der Waals surface area contributed by atoms with Crippen molar-refractivity contribution in [3.05, 3.63) is 29.8 Å². The van der Waals surface area contributed by atoms with Crippen LogP contribution in [0.15, 0.2) is 24.3 Å². The van der Waals surface area contributed by atoms with E-state index in [0.29, 0.717) is 6.42 Å². The van der Waals surface area contributed by atoms with Gasteiger partial charge in [-0.15, -0.1) is 0 Å². The topological polar surface area (TPSA) is 133 Å². The maximum atomic E-state index is 13.9. The first-order valence-corrected chi connectivity index (χ1v) is 13.3. The van der Waals surface area contributed by atoms with E-state index in [9.17, 15) is 64.8 Å². The van der Waals surface area contributed by atoms with E-state index in [-0.39, 0.29) is 11.7 Å². The maximum absolute atomic E-state index is 13.9. The first-order chi connectivity index (χ1) is 15.9. The van der Waals surface area contributed by atoms with E-state index in [1.165, 1.54) is 24.3 Å². The van der Waals surface area contributed by atoms with Gasteiger partial charge in [-0.3, -0.25) is 0 Å². The molecule has 0 saturated carbocycles. The third-order valence-corrected chi connectivity index (χ3v) is 8.98. The number of halogens is 9. The van der Waals surface area contributed by atoms with E-state index >= 15 is 0 Å².